The molecule has 68 valence electrons. The van der Waals surface area contributed by atoms with Crippen molar-refractivity contribution in [3.8, 4) is 0 Å². The Morgan fingerprint density at radius 2 is 2.31 bits per heavy atom. The number of halogens is 2. The van der Waals surface area contributed by atoms with Crippen molar-refractivity contribution >= 4 is 38.6 Å². The second-order valence-electron chi connectivity index (χ2n) is 2.90. The summed E-state index contributed by atoms with van der Waals surface area (Å²) in [6, 6.07) is 5.91. The van der Waals surface area contributed by atoms with Crippen LogP contribution in [0.5, 0.6) is 0 Å². The van der Waals surface area contributed by atoms with E-state index in [2.05, 4.69) is 25.9 Å². The number of hydrogen-bond acceptors (Lipinski definition) is 1. The molecular weight excluding hydrogens is 251 g/mol. The zero-order valence-electron chi connectivity index (χ0n) is 7.01. The van der Waals surface area contributed by atoms with Crippen LogP contribution in [0.2, 0.25) is 0 Å². The van der Waals surface area contributed by atoms with E-state index in [4.69, 9.17) is 11.6 Å². The molecule has 1 heterocycles. The lowest BCUT2D eigenvalue weighted by atomic mass is 10.3. The van der Waals surface area contributed by atoms with Crippen LogP contribution in [-0.2, 0) is 0 Å². The van der Waals surface area contributed by atoms with E-state index in [1.807, 2.05) is 25.1 Å². The number of nitrogens with zero attached hydrogens (tertiary/aromatic N) is 1. The van der Waals surface area contributed by atoms with Crippen LogP contribution in [0.4, 0.5) is 0 Å². The number of benzene rings is 1. The molecule has 0 bridgehead atoms. The van der Waals surface area contributed by atoms with Crippen molar-refractivity contribution in [3.05, 3.63) is 28.5 Å². The zero-order chi connectivity index (χ0) is 9.42. The number of aromatic nitrogens is 2. The number of nitrogens with one attached hydrogen (secondary N) is 1. The Bertz CT molecular complexity index is 436. The molecule has 4 heteroatoms. The van der Waals surface area contributed by atoms with Crippen molar-refractivity contribution in [2.75, 3.05) is 0 Å². The summed E-state index contributed by atoms with van der Waals surface area (Å²) in [5.41, 5.74) is 1.96. The lowest BCUT2D eigenvalue weighted by molar-refractivity contribution is 0.962. The maximum Gasteiger partial charge on any atom is 0.125 e. The maximum absolute atomic E-state index is 5.91. The largest absolute Gasteiger partial charge is 0.341 e. The molecule has 2 rings (SSSR count). The average molecular weight is 260 g/mol. The van der Waals surface area contributed by atoms with Gasteiger partial charge in [0.1, 0.15) is 5.82 Å². The van der Waals surface area contributed by atoms with E-state index in [0.717, 1.165) is 21.3 Å². The number of imidazole rings is 1. The number of fused-ring (bicyclic) bond motifs is 1. The van der Waals surface area contributed by atoms with Crippen molar-refractivity contribution < 1.29 is 0 Å². The van der Waals surface area contributed by atoms with Gasteiger partial charge >= 0.3 is 0 Å². The lowest BCUT2D eigenvalue weighted by Gasteiger charge is -1.93. The molecule has 0 aliphatic heterocycles. The first kappa shape index (κ1) is 9.03. The van der Waals surface area contributed by atoms with Crippen LogP contribution in [0.1, 0.15) is 18.1 Å². The molecule has 0 saturated carbocycles. The van der Waals surface area contributed by atoms with E-state index >= 15 is 0 Å². The highest BCUT2D eigenvalue weighted by molar-refractivity contribution is 9.10. The highest BCUT2D eigenvalue weighted by atomic mass is 79.9. The topological polar surface area (TPSA) is 28.7 Å². The molecule has 0 saturated heterocycles. The van der Waals surface area contributed by atoms with Crippen LogP contribution >= 0.6 is 27.5 Å². The van der Waals surface area contributed by atoms with Gasteiger partial charge in [0, 0.05) is 4.47 Å². The van der Waals surface area contributed by atoms with Crippen molar-refractivity contribution in [2.24, 2.45) is 0 Å². The van der Waals surface area contributed by atoms with Crippen LogP contribution in [0, 0.1) is 0 Å². The first-order valence-electron chi connectivity index (χ1n) is 3.96. The van der Waals surface area contributed by atoms with E-state index in [9.17, 15) is 0 Å². The van der Waals surface area contributed by atoms with Gasteiger partial charge in [-0.15, -0.1) is 11.6 Å². The number of hydrogen-bond donors (Lipinski definition) is 1. The quantitative estimate of drug-likeness (QED) is 0.779. The third kappa shape index (κ3) is 1.71. The summed E-state index contributed by atoms with van der Waals surface area (Å²) in [7, 11) is 0. The third-order valence-corrected chi connectivity index (χ3v) is 2.54. The molecule has 1 aromatic heterocycles. The Hall–Kier alpha value is -0.540. The molecule has 0 spiro atoms. The Labute approximate surface area is 89.4 Å². The van der Waals surface area contributed by atoms with E-state index in [-0.39, 0.29) is 5.38 Å². The minimum atomic E-state index is -0.0776. The summed E-state index contributed by atoms with van der Waals surface area (Å²) in [6.45, 7) is 1.90. The molecule has 1 N–H and O–H groups in total. The zero-order valence-corrected chi connectivity index (χ0v) is 9.35. The van der Waals surface area contributed by atoms with Crippen molar-refractivity contribution in [1.29, 1.82) is 0 Å². The van der Waals surface area contributed by atoms with Gasteiger partial charge in [-0.3, -0.25) is 0 Å². The van der Waals surface area contributed by atoms with E-state index in [0.29, 0.717) is 0 Å². The molecule has 0 aliphatic carbocycles. The van der Waals surface area contributed by atoms with Gasteiger partial charge in [0.2, 0.25) is 0 Å². The van der Waals surface area contributed by atoms with E-state index in [1.165, 1.54) is 0 Å². The number of alkyl halides is 1. The number of H-pyrrole nitrogens is 1. The van der Waals surface area contributed by atoms with E-state index in [1.54, 1.807) is 0 Å². The Kier molecular flexibility index (Phi) is 2.30. The Morgan fingerprint density at radius 1 is 1.54 bits per heavy atom. The second kappa shape index (κ2) is 3.31. The van der Waals surface area contributed by atoms with Crippen LogP contribution < -0.4 is 0 Å². The first-order valence-corrected chi connectivity index (χ1v) is 5.19. The van der Waals surface area contributed by atoms with Gasteiger partial charge in [0.25, 0.3) is 0 Å². The molecule has 1 aromatic carbocycles. The number of aromatic amines is 1. The smallest absolute Gasteiger partial charge is 0.125 e. The maximum atomic E-state index is 5.91. The normalized spacial score (nSPS) is 13.5. The van der Waals surface area contributed by atoms with Crippen LogP contribution in [-0.4, -0.2) is 9.97 Å². The van der Waals surface area contributed by atoms with Gasteiger partial charge in [-0.1, -0.05) is 15.9 Å². The summed E-state index contributed by atoms with van der Waals surface area (Å²) in [6.07, 6.45) is 0. The van der Waals surface area contributed by atoms with Crippen LogP contribution in [0.25, 0.3) is 11.0 Å². The Morgan fingerprint density at radius 3 is 3.00 bits per heavy atom. The molecule has 2 nitrogen and oxygen atoms in total. The SMILES string of the molecule is CC(Cl)c1nc2ccc(Br)cc2[nH]1. The summed E-state index contributed by atoms with van der Waals surface area (Å²) in [4.78, 5) is 7.51. The molecule has 1 atom stereocenters. The minimum absolute atomic E-state index is 0.0776. The molecule has 2 aromatic rings. The standard InChI is InChI=1S/C9H8BrClN2/c1-5(11)9-12-7-3-2-6(10)4-8(7)13-9/h2-5H,1H3,(H,12,13). The van der Waals surface area contributed by atoms with Crippen molar-refractivity contribution in [3.63, 3.8) is 0 Å². The second-order valence-corrected chi connectivity index (χ2v) is 4.47. The van der Waals surface area contributed by atoms with Gasteiger partial charge in [0.15, 0.2) is 0 Å². The van der Waals surface area contributed by atoms with Crippen molar-refractivity contribution in [1.82, 2.24) is 9.97 Å². The number of rotatable bonds is 1. The summed E-state index contributed by atoms with van der Waals surface area (Å²) >= 11 is 9.31. The van der Waals surface area contributed by atoms with Gasteiger partial charge in [0.05, 0.1) is 16.4 Å². The summed E-state index contributed by atoms with van der Waals surface area (Å²) in [5.74, 6) is 0.815. The first-order chi connectivity index (χ1) is 6.16. The fourth-order valence-electron chi connectivity index (χ4n) is 1.19. The molecule has 0 aliphatic rings. The van der Waals surface area contributed by atoms with Crippen LogP contribution in [0.15, 0.2) is 22.7 Å². The Balaban J connectivity index is 2.62. The molecular formula is C9H8BrClN2. The lowest BCUT2D eigenvalue weighted by Crippen LogP contribution is -1.85. The predicted octanol–water partition coefficient (Wildman–Crippen LogP) is 3.63. The molecule has 1 unspecified atom stereocenters. The van der Waals surface area contributed by atoms with Crippen LogP contribution in [0.3, 0.4) is 0 Å². The summed E-state index contributed by atoms with van der Waals surface area (Å²) in [5, 5.41) is -0.0776. The third-order valence-electron chi connectivity index (χ3n) is 1.84. The molecule has 13 heavy (non-hydrogen) atoms. The van der Waals surface area contributed by atoms with E-state index < -0.39 is 0 Å². The monoisotopic (exact) mass is 258 g/mol. The van der Waals surface area contributed by atoms with Gasteiger partial charge in [-0.2, -0.15) is 0 Å². The van der Waals surface area contributed by atoms with Crippen molar-refractivity contribution in [2.45, 2.75) is 12.3 Å². The van der Waals surface area contributed by atoms with Gasteiger partial charge in [-0.25, -0.2) is 4.98 Å². The molecule has 0 radical (unpaired) electrons. The minimum Gasteiger partial charge on any atom is -0.341 e. The molecule has 0 fully saturated rings. The fourth-order valence-corrected chi connectivity index (χ4v) is 1.65. The average Bonchev–Trinajstić information content (AvgIpc) is 2.46. The highest BCUT2D eigenvalue weighted by Crippen LogP contribution is 2.22. The summed E-state index contributed by atoms with van der Waals surface area (Å²) < 4.78 is 1.04. The predicted molar refractivity (Wildman–Crippen MR) is 58.1 cm³/mol. The van der Waals surface area contributed by atoms with Gasteiger partial charge < -0.3 is 4.98 Å². The molecule has 0 amide bonds. The highest BCUT2D eigenvalue weighted by Gasteiger charge is 2.07. The fraction of sp³-hybridized carbons (Fsp3) is 0.222. The van der Waals surface area contributed by atoms with Gasteiger partial charge in [-0.05, 0) is 25.1 Å².